The van der Waals surface area contributed by atoms with Crippen molar-refractivity contribution in [3.8, 4) is 11.3 Å². The zero-order chi connectivity index (χ0) is 14.2. The molecule has 0 unspecified atom stereocenters. The Morgan fingerprint density at radius 2 is 1.52 bits per heavy atom. The first-order chi connectivity index (χ1) is 10.3. The highest BCUT2D eigenvalue weighted by molar-refractivity contribution is 7.71. The van der Waals surface area contributed by atoms with E-state index in [1.165, 1.54) is 10.8 Å². The monoisotopic (exact) mass is 288 g/mol. The average Bonchev–Trinajstić information content (AvgIpc) is 2.55. The van der Waals surface area contributed by atoms with Gasteiger partial charge in [-0.25, -0.2) is 4.98 Å². The number of benzene rings is 3. The predicted molar refractivity (Wildman–Crippen MR) is 89.9 cm³/mol. The van der Waals surface area contributed by atoms with Crippen LogP contribution in [0.2, 0.25) is 0 Å². The number of hydrogen-bond donors (Lipinski definition) is 1. The van der Waals surface area contributed by atoms with Crippen LogP contribution in [0.3, 0.4) is 0 Å². The molecule has 0 atom stereocenters. The quantitative estimate of drug-likeness (QED) is 0.389. The molecule has 0 spiro atoms. The van der Waals surface area contributed by atoms with Gasteiger partial charge in [-0.2, -0.15) is 0 Å². The molecule has 1 aromatic heterocycles. The standard InChI is InChI=1S/C18H12N2S/c21-18-19-16(13-7-2-1-3-8-13)15-11-10-12-6-4-5-9-14(12)17(15)20-18/h1-11H,(H,19,20,21). The van der Waals surface area contributed by atoms with Crippen LogP contribution >= 0.6 is 12.2 Å². The Labute approximate surface area is 127 Å². The number of H-pyrrole nitrogens is 1. The number of rotatable bonds is 1. The first-order valence-corrected chi connectivity index (χ1v) is 7.21. The molecule has 0 bridgehead atoms. The largest absolute Gasteiger partial charge is 0.330 e. The van der Waals surface area contributed by atoms with Gasteiger partial charge in [0.2, 0.25) is 0 Å². The molecule has 3 aromatic carbocycles. The number of hydrogen-bond acceptors (Lipinski definition) is 2. The lowest BCUT2D eigenvalue weighted by Gasteiger charge is -2.08. The van der Waals surface area contributed by atoms with Crippen molar-refractivity contribution in [1.29, 1.82) is 0 Å². The van der Waals surface area contributed by atoms with Gasteiger partial charge in [-0.3, -0.25) is 0 Å². The smallest absolute Gasteiger partial charge is 0.197 e. The number of fused-ring (bicyclic) bond motifs is 3. The lowest BCUT2D eigenvalue weighted by molar-refractivity contribution is 1.19. The molecule has 0 saturated heterocycles. The van der Waals surface area contributed by atoms with Gasteiger partial charge in [-0.05, 0) is 17.6 Å². The van der Waals surface area contributed by atoms with Crippen LogP contribution in [0.15, 0.2) is 66.7 Å². The molecule has 0 fully saturated rings. The average molecular weight is 288 g/mol. The second kappa shape index (κ2) is 4.79. The number of nitrogens with one attached hydrogen (secondary N) is 1. The maximum absolute atomic E-state index is 5.32. The van der Waals surface area contributed by atoms with E-state index in [1.807, 2.05) is 30.3 Å². The van der Waals surface area contributed by atoms with E-state index in [2.05, 4.69) is 46.4 Å². The summed E-state index contributed by atoms with van der Waals surface area (Å²) in [5.41, 5.74) is 3.06. The zero-order valence-electron chi connectivity index (χ0n) is 11.2. The lowest BCUT2D eigenvalue weighted by Crippen LogP contribution is -1.92. The Morgan fingerprint density at radius 3 is 2.38 bits per heavy atom. The summed E-state index contributed by atoms with van der Waals surface area (Å²) in [7, 11) is 0. The van der Waals surface area contributed by atoms with Gasteiger partial charge < -0.3 is 4.98 Å². The van der Waals surface area contributed by atoms with E-state index in [0.29, 0.717) is 4.77 Å². The Balaban J connectivity index is 2.18. The minimum absolute atomic E-state index is 0.512. The molecular formula is C18H12N2S. The highest BCUT2D eigenvalue weighted by Crippen LogP contribution is 2.30. The third-order valence-corrected chi connectivity index (χ3v) is 3.87. The summed E-state index contributed by atoms with van der Waals surface area (Å²) in [6, 6.07) is 22.7. The van der Waals surface area contributed by atoms with Crippen molar-refractivity contribution in [2.24, 2.45) is 0 Å². The molecule has 2 nitrogen and oxygen atoms in total. The molecule has 1 heterocycles. The highest BCUT2D eigenvalue weighted by Gasteiger charge is 2.08. The minimum atomic E-state index is 0.512. The number of nitrogens with zero attached hydrogens (tertiary/aromatic N) is 1. The van der Waals surface area contributed by atoms with Crippen LogP contribution in [0.4, 0.5) is 0 Å². The van der Waals surface area contributed by atoms with Crippen LogP contribution in [0.1, 0.15) is 0 Å². The van der Waals surface area contributed by atoms with Crippen molar-refractivity contribution < 1.29 is 0 Å². The van der Waals surface area contributed by atoms with Crippen molar-refractivity contribution in [3.63, 3.8) is 0 Å². The topological polar surface area (TPSA) is 28.7 Å². The Morgan fingerprint density at radius 1 is 0.762 bits per heavy atom. The van der Waals surface area contributed by atoms with Gasteiger partial charge in [-0.1, -0.05) is 66.7 Å². The fraction of sp³-hybridized carbons (Fsp3) is 0. The molecule has 0 amide bonds. The zero-order valence-corrected chi connectivity index (χ0v) is 12.0. The van der Waals surface area contributed by atoms with Crippen LogP contribution in [0.25, 0.3) is 32.9 Å². The summed E-state index contributed by atoms with van der Waals surface area (Å²) >= 11 is 5.32. The minimum Gasteiger partial charge on any atom is -0.330 e. The van der Waals surface area contributed by atoms with Crippen LogP contribution in [-0.4, -0.2) is 9.97 Å². The fourth-order valence-corrected chi connectivity index (χ4v) is 2.91. The summed E-state index contributed by atoms with van der Waals surface area (Å²) in [6.07, 6.45) is 0. The SMILES string of the molecule is S=c1nc(-c2ccccc2)c2ccc3ccccc3c2[nH]1. The second-order valence-corrected chi connectivity index (χ2v) is 5.35. The molecule has 4 rings (SSSR count). The van der Waals surface area contributed by atoms with E-state index < -0.39 is 0 Å². The first kappa shape index (κ1) is 12.2. The van der Waals surface area contributed by atoms with Gasteiger partial charge in [0.05, 0.1) is 11.2 Å². The predicted octanol–water partition coefficient (Wildman–Crippen LogP) is 5.11. The van der Waals surface area contributed by atoms with E-state index in [-0.39, 0.29) is 0 Å². The van der Waals surface area contributed by atoms with Gasteiger partial charge in [0.1, 0.15) is 0 Å². The maximum Gasteiger partial charge on any atom is 0.197 e. The van der Waals surface area contributed by atoms with Gasteiger partial charge in [-0.15, -0.1) is 0 Å². The molecule has 3 heteroatoms. The van der Waals surface area contributed by atoms with Gasteiger partial charge in [0.15, 0.2) is 4.77 Å². The van der Waals surface area contributed by atoms with Crippen LogP contribution < -0.4 is 0 Å². The number of aromatic nitrogens is 2. The Kier molecular flexibility index (Phi) is 2.79. The molecule has 0 aliphatic rings. The highest BCUT2D eigenvalue weighted by atomic mass is 32.1. The molecule has 1 N–H and O–H groups in total. The third kappa shape index (κ3) is 2.03. The molecule has 0 saturated carbocycles. The molecule has 0 aliphatic carbocycles. The fourth-order valence-electron chi connectivity index (χ4n) is 2.72. The molecule has 0 radical (unpaired) electrons. The second-order valence-electron chi connectivity index (χ2n) is 4.97. The van der Waals surface area contributed by atoms with E-state index in [4.69, 9.17) is 12.2 Å². The summed E-state index contributed by atoms with van der Waals surface area (Å²) < 4.78 is 0.512. The maximum atomic E-state index is 5.32. The van der Waals surface area contributed by atoms with Gasteiger partial charge in [0, 0.05) is 16.3 Å². The van der Waals surface area contributed by atoms with Gasteiger partial charge in [0.25, 0.3) is 0 Å². The van der Waals surface area contributed by atoms with E-state index in [1.54, 1.807) is 0 Å². The Bertz CT molecular complexity index is 1000. The van der Waals surface area contributed by atoms with Crippen molar-refractivity contribution in [3.05, 3.63) is 71.5 Å². The van der Waals surface area contributed by atoms with Crippen LogP contribution in [0, 0.1) is 4.77 Å². The molecule has 21 heavy (non-hydrogen) atoms. The molecule has 4 aromatic rings. The van der Waals surface area contributed by atoms with Crippen LogP contribution in [-0.2, 0) is 0 Å². The van der Waals surface area contributed by atoms with Gasteiger partial charge >= 0.3 is 0 Å². The normalized spacial score (nSPS) is 11.0. The van der Waals surface area contributed by atoms with E-state index >= 15 is 0 Å². The van der Waals surface area contributed by atoms with Crippen molar-refractivity contribution in [2.75, 3.05) is 0 Å². The van der Waals surface area contributed by atoms with Crippen molar-refractivity contribution >= 4 is 33.9 Å². The summed E-state index contributed by atoms with van der Waals surface area (Å²) in [5, 5.41) is 3.45. The van der Waals surface area contributed by atoms with Crippen LogP contribution in [0.5, 0.6) is 0 Å². The first-order valence-electron chi connectivity index (χ1n) is 6.80. The summed E-state index contributed by atoms with van der Waals surface area (Å²) in [4.78, 5) is 7.78. The van der Waals surface area contributed by atoms with Crippen molar-refractivity contribution in [1.82, 2.24) is 9.97 Å². The Hall–Kier alpha value is -2.52. The van der Waals surface area contributed by atoms with E-state index in [9.17, 15) is 0 Å². The van der Waals surface area contributed by atoms with E-state index in [0.717, 1.165) is 22.2 Å². The van der Waals surface area contributed by atoms with Crippen molar-refractivity contribution in [2.45, 2.75) is 0 Å². The molecular weight excluding hydrogens is 276 g/mol. The number of aromatic amines is 1. The molecule has 0 aliphatic heterocycles. The summed E-state index contributed by atoms with van der Waals surface area (Å²) in [5.74, 6) is 0. The summed E-state index contributed by atoms with van der Waals surface area (Å²) in [6.45, 7) is 0. The molecule has 100 valence electrons. The lowest BCUT2D eigenvalue weighted by atomic mass is 10.0. The third-order valence-electron chi connectivity index (χ3n) is 3.68.